The van der Waals surface area contributed by atoms with Gasteiger partial charge in [-0.05, 0) is 116 Å². The van der Waals surface area contributed by atoms with E-state index in [2.05, 4.69) is 123 Å². The average Bonchev–Trinajstić information content (AvgIpc) is 3.67. The lowest BCUT2D eigenvalue weighted by atomic mass is 9.99. The molecule has 6 N–H and O–H groups in total. The Morgan fingerprint density at radius 1 is 0.470 bits per heavy atom. The quantitative estimate of drug-likeness (QED) is 0.0195. The number of hydrogen-bond donors (Lipinski definition) is 6. The molecular formula is C72H123NO10. The van der Waals surface area contributed by atoms with Crippen LogP contribution in [0.3, 0.4) is 0 Å². The van der Waals surface area contributed by atoms with Gasteiger partial charge in [-0.25, -0.2) is 0 Å². The topological polar surface area (TPSA) is 175 Å². The van der Waals surface area contributed by atoms with Crippen LogP contribution in [0.1, 0.15) is 271 Å². The molecular weight excluding hydrogens is 1040 g/mol. The predicted molar refractivity (Wildman–Crippen MR) is 347 cm³/mol. The summed E-state index contributed by atoms with van der Waals surface area (Å²) in [5.41, 5.74) is 0. The van der Waals surface area contributed by atoms with Crippen LogP contribution in [0.4, 0.5) is 0 Å². The molecule has 0 aromatic heterocycles. The Hall–Kier alpha value is -3.68. The first kappa shape index (κ1) is 77.3. The number of ether oxygens (including phenoxy) is 3. The van der Waals surface area contributed by atoms with Crippen molar-refractivity contribution < 1.29 is 49.3 Å². The van der Waals surface area contributed by atoms with Gasteiger partial charge in [-0.3, -0.25) is 9.59 Å². The van der Waals surface area contributed by atoms with E-state index >= 15 is 0 Å². The summed E-state index contributed by atoms with van der Waals surface area (Å²) >= 11 is 0. The van der Waals surface area contributed by atoms with Crippen molar-refractivity contribution in [3.8, 4) is 0 Å². The highest BCUT2D eigenvalue weighted by Gasteiger charge is 2.47. The van der Waals surface area contributed by atoms with Gasteiger partial charge >= 0.3 is 5.97 Å². The minimum Gasteiger partial charge on any atom is -0.454 e. The fraction of sp³-hybridized carbons (Fsp3) is 0.722. The normalized spacial score (nSPS) is 19.3. The maximum atomic E-state index is 13.4. The van der Waals surface area contributed by atoms with Crippen LogP contribution in [0.2, 0.25) is 0 Å². The second-order valence-corrected chi connectivity index (χ2v) is 22.8. The second kappa shape index (κ2) is 58.7. The van der Waals surface area contributed by atoms with Gasteiger partial charge < -0.3 is 45.1 Å². The fourth-order valence-corrected chi connectivity index (χ4v) is 9.79. The number of carbonyl (C=O) groups is 2. The van der Waals surface area contributed by atoms with Gasteiger partial charge in [-0.2, -0.15) is 0 Å². The number of aliphatic hydroxyl groups excluding tert-OH is 5. The summed E-state index contributed by atoms with van der Waals surface area (Å²) in [6.45, 7) is 5.70. The largest absolute Gasteiger partial charge is 0.454 e. The number of allylic oxidation sites excluding steroid dienone is 17. The fourth-order valence-electron chi connectivity index (χ4n) is 9.79. The molecule has 11 heteroatoms. The molecule has 8 unspecified atom stereocenters. The van der Waals surface area contributed by atoms with Crippen LogP contribution in [0.25, 0.3) is 0 Å². The van der Waals surface area contributed by atoms with Crippen molar-refractivity contribution in [1.82, 2.24) is 5.32 Å². The molecule has 1 aliphatic rings. The minimum absolute atomic E-state index is 0.107. The molecule has 1 aliphatic heterocycles. The highest BCUT2D eigenvalue weighted by Crippen LogP contribution is 2.26. The Bertz CT molecular complexity index is 1770. The van der Waals surface area contributed by atoms with Crippen molar-refractivity contribution in [3.63, 3.8) is 0 Å². The van der Waals surface area contributed by atoms with Crippen LogP contribution >= 0.6 is 0 Å². The molecule has 8 atom stereocenters. The smallest absolute Gasteiger partial charge is 0.306 e. The van der Waals surface area contributed by atoms with Crippen molar-refractivity contribution in [1.29, 1.82) is 0 Å². The maximum Gasteiger partial charge on any atom is 0.306 e. The van der Waals surface area contributed by atoms with Gasteiger partial charge in [-0.1, -0.05) is 259 Å². The van der Waals surface area contributed by atoms with Crippen LogP contribution in [0.15, 0.2) is 109 Å². The number of rotatable bonds is 56. The van der Waals surface area contributed by atoms with E-state index in [0.29, 0.717) is 12.8 Å². The first-order valence-electron chi connectivity index (χ1n) is 33.7. The van der Waals surface area contributed by atoms with Crippen LogP contribution < -0.4 is 5.32 Å². The summed E-state index contributed by atoms with van der Waals surface area (Å²) < 4.78 is 17.6. The number of aliphatic hydroxyl groups is 5. The number of esters is 1. The molecule has 1 fully saturated rings. The average molecular weight is 1160 g/mol. The zero-order chi connectivity index (χ0) is 60.3. The van der Waals surface area contributed by atoms with Crippen LogP contribution in [0.5, 0.6) is 0 Å². The molecule has 0 bridgehead atoms. The van der Waals surface area contributed by atoms with Gasteiger partial charge in [0, 0.05) is 6.42 Å². The standard InChI is InChI=1S/C72H123NO10/c1-4-7-10-13-16-19-22-24-26-28-30-31-32-33-34-35-36-38-40-42-45-48-51-54-57-60-67(77)83-70-69(79)68(78)66(61-74)82-72(70)81-62-63(64(75)58-55-52-49-46-43-21-18-15-12-9-6-3)73-71(80)65(76)59-56-53-50-47-44-41-39-37-29-27-25-23-20-17-14-11-8-5-2/h16-17,19-20,24-27,30-31,33-34,37,39,44,47,55,58,63-66,68-70,72,74-76,78-79H,4-15,18,21-23,28-29,32,35-36,38,40-43,45-46,48-54,56-57,59-62H2,1-3H3,(H,73,80)/b19-16-,20-17-,26-24-,27-25-,31-30-,34-33-,39-37-,47-44-,58-55+. The third-order valence-corrected chi connectivity index (χ3v) is 15.1. The van der Waals surface area contributed by atoms with Gasteiger partial charge in [0.25, 0.3) is 0 Å². The molecule has 11 nitrogen and oxygen atoms in total. The van der Waals surface area contributed by atoms with Crippen molar-refractivity contribution >= 4 is 11.9 Å². The molecule has 0 spiro atoms. The van der Waals surface area contributed by atoms with Gasteiger partial charge in [-0.15, -0.1) is 0 Å². The Morgan fingerprint density at radius 3 is 1.27 bits per heavy atom. The van der Waals surface area contributed by atoms with Gasteiger partial charge in [0.05, 0.1) is 25.4 Å². The first-order valence-corrected chi connectivity index (χ1v) is 33.7. The molecule has 1 heterocycles. The lowest BCUT2D eigenvalue weighted by molar-refractivity contribution is -0.305. The van der Waals surface area contributed by atoms with Crippen molar-refractivity contribution in [2.24, 2.45) is 0 Å². The van der Waals surface area contributed by atoms with Crippen molar-refractivity contribution in [3.05, 3.63) is 109 Å². The molecule has 1 rings (SSSR count). The van der Waals surface area contributed by atoms with Crippen LogP contribution in [-0.4, -0.2) is 99.6 Å². The van der Waals surface area contributed by atoms with Crippen molar-refractivity contribution in [2.45, 2.75) is 320 Å². The molecule has 0 aromatic rings. The Kier molecular flexibility index (Phi) is 54.7. The number of hydrogen-bond acceptors (Lipinski definition) is 10. The number of unbranched alkanes of at least 4 members (excludes halogenated alkanes) is 26. The Labute approximate surface area is 507 Å². The van der Waals surface area contributed by atoms with Gasteiger partial charge in [0.1, 0.15) is 24.4 Å². The summed E-state index contributed by atoms with van der Waals surface area (Å²) in [7, 11) is 0. The van der Waals surface area contributed by atoms with E-state index in [1.165, 1.54) is 109 Å². The monoisotopic (exact) mass is 1160 g/mol. The third kappa shape index (κ3) is 46.2. The summed E-state index contributed by atoms with van der Waals surface area (Å²) in [5.74, 6) is -1.24. The zero-order valence-electron chi connectivity index (χ0n) is 52.8. The van der Waals surface area contributed by atoms with E-state index < -0.39 is 67.4 Å². The van der Waals surface area contributed by atoms with E-state index in [1.807, 2.05) is 6.08 Å². The minimum atomic E-state index is -1.63. The SMILES string of the molecule is CCCCC/C=C\C/C=C\C/C=C\C/C=C\CCCCCCCCCCCC(=O)OC1C(OCC(NC(=O)C(O)CCCC/C=C\C/C=C\C/C=C\C/C=C\CCCCC)C(O)/C=C/CCCCCCCCCCC)OC(CO)C(O)C1O. The molecule has 0 saturated carbocycles. The molecule has 0 aromatic carbocycles. The Balaban J connectivity index is 2.62. The van der Waals surface area contributed by atoms with Crippen LogP contribution in [-0.2, 0) is 23.8 Å². The summed E-state index contributed by atoms with van der Waals surface area (Å²) in [5, 5.41) is 57.0. The lowest BCUT2D eigenvalue weighted by Crippen LogP contribution is -2.61. The van der Waals surface area contributed by atoms with Gasteiger partial charge in [0.15, 0.2) is 12.4 Å². The highest BCUT2D eigenvalue weighted by atomic mass is 16.7. The van der Waals surface area contributed by atoms with E-state index in [4.69, 9.17) is 14.2 Å². The lowest BCUT2D eigenvalue weighted by Gasteiger charge is -2.41. The highest BCUT2D eigenvalue weighted by molar-refractivity contribution is 5.80. The number of amides is 1. The van der Waals surface area contributed by atoms with Crippen LogP contribution in [0, 0.1) is 0 Å². The molecule has 1 amide bonds. The molecule has 0 aliphatic carbocycles. The summed E-state index contributed by atoms with van der Waals surface area (Å²) in [6.07, 6.45) is 69.8. The molecule has 83 heavy (non-hydrogen) atoms. The van der Waals surface area contributed by atoms with E-state index in [-0.39, 0.29) is 19.4 Å². The number of nitrogens with one attached hydrogen (secondary N) is 1. The maximum absolute atomic E-state index is 13.4. The number of carbonyl (C=O) groups excluding carboxylic acids is 2. The second-order valence-electron chi connectivity index (χ2n) is 22.8. The van der Waals surface area contributed by atoms with Crippen molar-refractivity contribution in [2.75, 3.05) is 13.2 Å². The van der Waals surface area contributed by atoms with E-state index in [1.54, 1.807) is 6.08 Å². The van der Waals surface area contributed by atoms with E-state index in [9.17, 15) is 35.1 Å². The predicted octanol–water partition coefficient (Wildman–Crippen LogP) is 16.8. The summed E-state index contributed by atoms with van der Waals surface area (Å²) in [6, 6.07) is -1.05. The third-order valence-electron chi connectivity index (χ3n) is 15.1. The molecule has 1 saturated heterocycles. The molecule has 476 valence electrons. The molecule has 0 radical (unpaired) electrons. The first-order chi connectivity index (χ1) is 40.7. The van der Waals surface area contributed by atoms with E-state index in [0.717, 1.165) is 116 Å². The van der Waals surface area contributed by atoms with Gasteiger partial charge in [0.2, 0.25) is 5.91 Å². The zero-order valence-corrected chi connectivity index (χ0v) is 52.8. The Morgan fingerprint density at radius 2 is 0.831 bits per heavy atom. The summed E-state index contributed by atoms with van der Waals surface area (Å²) in [4.78, 5) is 26.6.